The monoisotopic (exact) mass is 412 g/mol. The van der Waals surface area contributed by atoms with Crippen LogP contribution in [0.4, 0.5) is 0 Å². The fourth-order valence-corrected chi connectivity index (χ4v) is 4.80. The number of aliphatic imine (C=N–C) groups is 1. The second kappa shape index (κ2) is 7.34. The molecule has 1 saturated heterocycles. The summed E-state index contributed by atoms with van der Waals surface area (Å²) in [6, 6.07) is 4.37. The molecule has 9 nitrogen and oxygen atoms in total. The van der Waals surface area contributed by atoms with Gasteiger partial charge in [-0.1, -0.05) is 0 Å². The van der Waals surface area contributed by atoms with E-state index >= 15 is 0 Å². The number of hydrogen-bond acceptors (Lipinski definition) is 10. The van der Waals surface area contributed by atoms with E-state index in [1.54, 1.807) is 18.2 Å². The second-order valence-electron chi connectivity index (χ2n) is 6.12. The molecule has 2 aliphatic rings. The van der Waals surface area contributed by atoms with Gasteiger partial charge in [-0.2, -0.15) is 0 Å². The van der Waals surface area contributed by atoms with Crippen LogP contribution in [0, 0.1) is 0 Å². The first-order chi connectivity index (χ1) is 12.9. The summed E-state index contributed by atoms with van der Waals surface area (Å²) in [4.78, 5) is 19.7. The molecule has 0 bridgehead atoms. The number of ether oxygens (including phenoxy) is 2. The number of aliphatic hydroxyl groups is 3. The highest BCUT2D eigenvalue weighted by atomic mass is 32.2. The van der Waals surface area contributed by atoms with Gasteiger partial charge < -0.3 is 29.9 Å². The summed E-state index contributed by atoms with van der Waals surface area (Å²) < 4.78 is 11.6. The Bertz CT molecular complexity index is 902. The number of aromatic nitrogens is 1. The van der Waals surface area contributed by atoms with Gasteiger partial charge in [-0.05, 0) is 18.2 Å². The minimum Gasteiger partial charge on any atom is -0.480 e. The number of aliphatic carboxylic acids is 1. The molecule has 0 spiro atoms. The van der Waals surface area contributed by atoms with E-state index in [4.69, 9.17) is 14.6 Å². The number of thioether (sulfide) groups is 1. The average Bonchev–Trinajstić information content (AvgIpc) is 3.28. The number of carbonyl (C=O) groups is 1. The van der Waals surface area contributed by atoms with Crippen molar-refractivity contribution in [3.63, 3.8) is 0 Å². The molecule has 1 fully saturated rings. The lowest BCUT2D eigenvalue weighted by atomic mass is 10.1. The molecule has 0 unspecified atom stereocenters. The Hall–Kier alpha value is -1.76. The molecular weight excluding hydrogens is 396 g/mol. The molecule has 5 atom stereocenters. The Balaban J connectivity index is 1.53. The molecule has 1 aromatic heterocycles. The fourth-order valence-electron chi connectivity index (χ4n) is 2.70. The predicted octanol–water partition coefficient (Wildman–Crippen LogP) is 0.0607. The molecule has 2 aromatic rings. The van der Waals surface area contributed by atoms with Gasteiger partial charge in [0.15, 0.2) is 6.04 Å². The van der Waals surface area contributed by atoms with Crippen molar-refractivity contribution in [1.82, 2.24) is 4.98 Å². The molecule has 3 heterocycles. The highest BCUT2D eigenvalue weighted by Crippen LogP contribution is 2.32. The zero-order chi connectivity index (χ0) is 19.1. The van der Waals surface area contributed by atoms with Gasteiger partial charge in [-0.15, -0.1) is 23.1 Å². The Kier molecular flexibility index (Phi) is 5.05. The third kappa shape index (κ3) is 3.66. The molecule has 11 heteroatoms. The van der Waals surface area contributed by atoms with Gasteiger partial charge in [0.2, 0.25) is 6.29 Å². The first kappa shape index (κ1) is 18.6. The summed E-state index contributed by atoms with van der Waals surface area (Å²) in [6.07, 6.45) is -4.98. The highest BCUT2D eigenvalue weighted by Gasteiger charge is 2.39. The SMILES string of the molecule is O=C(O)[C@H]1CSC(c2nc3ccc(O[C@H]4OC[C@H](O)[C@H](O)[C@H]4O)cc3s2)=N1. The van der Waals surface area contributed by atoms with Crippen molar-refractivity contribution in [1.29, 1.82) is 0 Å². The summed E-state index contributed by atoms with van der Waals surface area (Å²) in [5.41, 5.74) is 0.713. The third-order valence-corrected chi connectivity index (χ3v) is 6.39. The number of benzene rings is 1. The average molecular weight is 412 g/mol. The number of nitrogens with zero attached hydrogens (tertiary/aromatic N) is 2. The number of carboxylic acids is 1. The molecule has 0 saturated carbocycles. The molecule has 0 amide bonds. The predicted molar refractivity (Wildman–Crippen MR) is 98.4 cm³/mol. The zero-order valence-electron chi connectivity index (χ0n) is 13.8. The lowest BCUT2D eigenvalue weighted by Crippen LogP contribution is -2.54. The van der Waals surface area contributed by atoms with E-state index in [2.05, 4.69) is 9.98 Å². The van der Waals surface area contributed by atoms with Crippen molar-refractivity contribution in [3.05, 3.63) is 23.2 Å². The van der Waals surface area contributed by atoms with Gasteiger partial charge in [-0.3, -0.25) is 4.99 Å². The number of hydrogen-bond donors (Lipinski definition) is 4. The normalized spacial score (nSPS) is 31.1. The highest BCUT2D eigenvalue weighted by molar-refractivity contribution is 8.15. The summed E-state index contributed by atoms with van der Waals surface area (Å²) in [5, 5.41) is 39.5. The van der Waals surface area contributed by atoms with Gasteiger partial charge in [0.1, 0.15) is 34.1 Å². The molecule has 27 heavy (non-hydrogen) atoms. The van der Waals surface area contributed by atoms with Crippen molar-refractivity contribution in [2.75, 3.05) is 12.4 Å². The molecule has 0 radical (unpaired) electrons. The summed E-state index contributed by atoms with van der Waals surface area (Å²) >= 11 is 2.72. The summed E-state index contributed by atoms with van der Waals surface area (Å²) in [6.45, 7) is -0.141. The van der Waals surface area contributed by atoms with Gasteiger partial charge >= 0.3 is 5.97 Å². The van der Waals surface area contributed by atoms with Crippen molar-refractivity contribution in [3.8, 4) is 5.75 Å². The maximum absolute atomic E-state index is 11.0. The maximum atomic E-state index is 11.0. The topological polar surface area (TPSA) is 142 Å². The largest absolute Gasteiger partial charge is 0.480 e. The third-order valence-electron chi connectivity index (χ3n) is 4.19. The Morgan fingerprint density at radius 2 is 2.07 bits per heavy atom. The smallest absolute Gasteiger partial charge is 0.329 e. The van der Waals surface area contributed by atoms with E-state index in [0.717, 1.165) is 4.70 Å². The van der Waals surface area contributed by atoms with Crippen LogP contribution in [0.5, 0.6) is 5.75 Å². The maximum Gasteiger partial charge on any atom is 0.329 e. The number of aliphatic hydroxyl groups excluding tert-OH is 3. The van der Waals surface area contributed by atoms with Crippen LogP contribution >= 0.6 is 23.1 Å². The number of carboxylic acid groups (broad SMARTS) is 1. The van der Waals surface area contributed by atoms with E-state index in [1.807, 2.05) is 0 Å². The van der Waals surface area contributed by atoms with Gasteiger partial charge in [0.25, 0.3) is 0 Å². The molecule has 4 rings (SSSR count). The molecular formula is C16H16N2O7S2. The number of fused-ring (bicyclic) bond motifs is 1. The van der Waals surface area contributed by atoms with Crippen LogP contribution in [0.1, 0.15) is 5.01 Å². The van der Waals surface area contributed by atoms with Crippen molar-refractivity contribution in [2.24, 2.45) is 4.99 Å². The quantitative estimate of drug-likeness (QED) is 0.548. The van der Waals surface area contributed by atoms with Crippen LogP contribution in [-0.4, -0.2) is 79.4 Å². The lowest BCUT2D eigenvalue weighted by Gasteiger charge is -2.34. The molecule has 1 aromatic carbocycles. The van der Waals surface area contributed by atoms with Crippen LogP contribution in [-0.2, 0) is 9.53 Å². The minimum absolute atomic E-state index is 0.141. The number of thiazole rings is 1. The fraction of sp³-hybridized carbons (Fsp3) is 0.438. The van der Waals surface area contributed by atoms with Crippen LogP contribution in [0.15, 0.2) is 23.2 Å². The van der Waals surface area contributed by atoms with E-state index in [-0.39, 0.29) is 6.61 Å². The minimum atomic E-state index is -1.38. The van der Waals surface area contributed by atoms with Crippen LogP contribution in [0.3, 0.4) is 0 Å². The van der Waals surface area contributed by atoms with Crippen LogP contribution in [0.2, 0.25) is 0 Å². The van der Waals surface area contributed by atoms with Crippen molar-refractivity contribution >= 4 is 44.3 Å². The first-order valence-corrected chi connectivity index (χ1v) is 9.89. The molecule has 4 N–H and O–H groups in total. The molecule has 144 valence electrons. The molecule has 2 aliphatic heterocycles. The van der Waals surface area contributed by atoms with Crippen molar-refractivity contribution < 1.29 is 34.7 Å². The van der Waals surface area contributed by atoms with E-state index in [0.29, 0.717) is 27.1 Å². The van der Waals surface area contributed by atoms with Gasteiger partial charge in [0, 0.05) is 5.75 Å². The Morgan fingerprint density at radius 1 is 1.26 bits per heavy atom. The lowest BCUT2D eigenvalue weighted by molar-refractivity contribution is -0.242. The zero-order valence-corrected chi connectivity index (χ0v) is 15.4. The van der Waals surface area contributed by atoms with Gasteiger partial charge in [-0.25, -0.2) is 9.78 Å². The van der Waals surface area contributed by atoms with E-state index in [9.17, 15) is 20.1 Å². The summed E-state index contributed by atoms with van der Waals surface area (Å²) in [7, 11) is 0. The standard InChI is InChI=1S/C16H16N2O7S2/c19-9-4-24-16(12(21)11(9)20)25-6-1-2-7-10(3-6)27-14(17-7)13-18-8(5-26-13)15(22)23/h1-3,8-9,11-12,16,19-21H,4-5H2,(H,22,23)/t8-,9+,11+,12-,16-/m1/s1. The van der Waals surface area contributed by atoms with E-state index < -0.39 is 36.6 Å². The Labute approximate surface area is 161 Å². The summed E-state index contributed by atoms with van der Waals surface area (Å²) in [5.74, 6) is -0.151. The first-order valence-electron chi connectivity index (χ1n) is 8.09. The van der Waals surface area contributed by atoms with Gasteiger partial charge in [0.05, 0.1) is 16.8 Å². The molecule has 0 aliphatic carbocycles. The van der Waals surface area contributed by atoms with Crippen molar-refractivity contribution in [2.45, 2.75) is 30.6 Å². The number of rotatable bonds is 4. The van der Waals surface area contributed by atoms with Crippen LogP contribution < -0.4 is 4.74 Å². The van der Waals surface area contributed by atoms with E-state index in [1.165, 1.54) is 23.1 Å². The Morgan fingerprint density at radius 3 is 2.81 bits per heavy atom. The second-order valence-corrected chi connectivity index (χ2v) is 8.16. The van der Waals surface area contributed by atoms with Crippen LogP contribution in [0.25, 0.3) is 10.2 Å².